The Morgan fingerprint density at radius 3 is 2.75 bits per heavy atom. The third-order valence-corrected chi connectivity index (χ3v) is 1.20. The van der Waals surface area contributed by atoms with E-state index in [4.69, 9.17) is 4.11 Å². The van der Waals surface area contributed by atoms with Crippen LogP contribution in [0.2, 0.25) is 0 Å². The van der Waals surface area contributed by atoms with Crippen molar-refractivity contribution in [3.05, 3.63) is 35.3 Å². The van der Waals surface area contributed by atoms with Gasteiger partial charge in [0.2, 0.25) is 0 Å². The molecule has 8 heavy (non-hydrogen) atoms. The monoisotopic (exact) mass is 109 g/mol. The number of hydrogen-bond acceptors (Lipinski definition) is 0. The van der Waals surface area contributed by atoms with E-state index in [1.807, 2.05) is 6.92 Å². The van der Waals surface area contributed by atoms with Crippen molar-refractivity contribution in [2.45, 2.75) is 13.8 Å². The number of aryl methyl sites for hydroxylation is 1. The van der Waals surface area contributed by atoms with Gasteiger partial charge >= 0.3 is 0 Å². The van der Waals surface area contributed by atoms with Gasteiger partial charge in [-0.2, -0.15) is 0 Å². The first-order valence-electron chi connectivity index (χ1n) is 4.08. The third-order valence-electron chi connectivity index (χ3n) is 1.20. The van der Waals surface area contributed by atoms with E-state index in [1.54, 1.807) is 13.0 Å². The van der Waals surface area contributed by atoms with E-state index >= 15 is 0 Å². The maximum atomic E-state index is 7.42. The molecular formula is C8H10. The topological polar surface area (TPSA) is 0 Å². The lowest BCUT2D eigenvalue weighted by atomic mass is 10.1. The Balaban J connectivity index is 3.46. The number of hydrogen-bond donors (Lipinski definition) is 0. The second-order valence-corrected chi connectivity index (χ2v) is 1.85. The molecule has 0 heteroatoms. The van der Waals surface area contributed by atoms with Crippen LogP contribution in [0.15, 0.2) is 24.2 Å². The molecule has 0 atom stereocenters. The maximum Gasteiger partial charge on any atom is 0.0626 e. The summed E-state index contributed by atoms with van der Waals surface area (Å²) in [6.07, 6.45) is 0. The van der Waals surface area contributed by atoms with Gasteiger partial charge in [-0.25, -0.2) is 0 Å². The Labute approximate surface area is 54.4 Å². The van der Waals surface area contributed by atoms with Crippen LogP contribution in [0, 0.1) is 13.8 Å². The quantitative estimate of drug-likeness (QED) is 0.479. The lowest BCUT2D eigenvalue weighted by Gasteiger charge is -1.93. The fraction of sp³-hybridized carbons (Fsp3) is 0.250. The van der Waals surface area contributed by atoms with Crippen LogP contribution in [0.1, 0.15) is 15.2 Å². The average molecular weight is 109 g/mol. The van der Waals surface area contributed by atoms with Crippen molar-refractivity contribution in [2.75, 3.05) is 0 Å². The van der Waals surface area contributed by atoms with Crippen LogP contribution in [-0.4, -0.2) is 0 Å². The molecule has 42 valence electrons. The fourth-order valence-corrected chi connectivity index (χ4v) is 0.481. The van der Waals surface area contributed by atoms with Crippen molar-refractivity contribution in [2.24, 2.45) is 0 Å². The Morgan fingerprint density at radius 2 is 2.00 bits per heavy atom. The van der Waals surface area contributed by atoms with Crippen molar-refractivity contribution in [3.8, 4) is 0 Å². The Morgan fingerprint density at radius 1 is 1.25 bits per heavy atom. The number of benzene rings is 1. The molecular weight excluding hydrogens is 96.1 g/mol. The van der Waals surface area contributed by atoms with Gasteiger partial charge < -0.3 is 0 Å². The lowest BCUT2D eigenvalue weighted by molar-refractivity contribution is 1.34. The Hall–Kier alpha value is -0.780. The summed E-state index contributed by atoms with van der Waals surface area (Å²) in [5.74, 6) is 0. The smallest absolute Gasteiger partial charge is 0.0620 e. The van der Waals surface area contributed by atoms with Crippen LogP contribution < -0.4 is 0 Å². The normalized spacial score (nSPS) is 14.5. The molecule has 0 saturated carbocycles. The summed E-state index contributed by atoms with van der Waals surface area (Å²) in [5, 5.41) is 0. The van der Waals surface area contributed by atoms with E-state index in [0.29, 0.717) is 0 Å². The molecule has 1 aromatic carbocycles. The van der Waals surface area contributed by atoms with Crippen molar-refractivity contribution in [1.82, 2.24) is 0 Å². The largest absolute Gasteiger partial charge is 0.0626 e. The molecule has 0 aliphatic carbocycles. The molecule has 0 bridgehead atoms. The molecule has 0 amide bonds. The second-order valence-electron chi connectivity index (χ2n) is 1.85. The predicted molar refractivity (Wildman–Crippen MR) is 35.9 cm³/mol. The minimum atomic E-state index is 0.0214. The minimum absolute atomic E-state index is 0.0214. The minimum Gasteiger partial charge on any atom is -0.0620 e. The molecule has 1 rings (SSSR count). The number of rotatable bonds is 0. The van der Waals surface area contributed by atoms with Crippen LogP contribution in [0.5, 0.6) is 0 Å². The summed E-state index contributed by atoms with van der Waals surface area (Å²) in [5.41, 5.74) is 1.71. The van der Waals surface area contributed by atoms with Crippen molar-refractivity contribution < 1.29 is 4.11 Å². The van der Waals surface area contributed by atoms with E-state index in [-0.39, 0.29) is 18.1 Å². The first-order valence-corrected chi connectivity index (χ1v) is 2.58. The molecule has 0 aromatic heterocycles. The summed E-state index contributed by atoms with van der Waals surface area (Å²) in [4.78, 5) is 0. The molecule has 0 unspecified atom stereocenters. The molecule has 0 fully saturated rings. The molecule has 0 spiro atoms. The molecule has 0 nitrogen and oxygen atoms in total. The van der Waals surface area contributed by atoms with E-state index in [1.165, 1.54) is 0 Å². The summed E-state index contributed by atoms with van der Waals surface area (Å²) in [6.45, 7) is 3.65. The highest BCUT2D eigenvalue weighted by Crippen LogP contribution is 2.02. The van der Waals surface area contributed by atoms with Gasteiger partial charge in [0, 0.05) is 0 Å². The highest BCUT2D eigenvalue weighted by atomic mass is 13.9. The fourth-order valence-electron chi connectivity index (χ4n) is 0.481. The zero-order chi connectivity index (χ0) is 8.59. The maximum absolute atomic E-state index is 7.42. The standard InChI is InChI=1S/C8H10/c1-7-5-3-4-6-8(7)2/h3-6H,1-2H3/i3D,4D,5D. The van der Waals surface area contributed by atoms with Crippen LogP contribution in [-0.2, 0) is 0 Å². The molecule has 0 aliphatic rings. The van der Waals surface area contributed by atoms with Gasteiger partial charge in [-0.1, -0.05) is 24.2 Å². The summed E-state index contributed by atoms with van der Waals surface area (Å²) < 4.78 is 22.0. The molecule has 0 aliphatic heterocycles. The van der Waals surface area contributed by atoms with Crippen LogP contribution >= 0.6 is 0 Å². The van der Waals surface area contributed by atoms with E-state index in [2.05, 4.69) is 0 Å². The SMILES string of the molecule is [2H]c1cc(C)c(C)c([2H])c1[2H]. The van der Waals surface area contributed by atoms with Gasteiger partial charge in [0.25, 0.3) is 0 Å². The Bertz CT molecular complexity index is 266. The highest BCUT2D eigenvalue weighted by molar-refractivity contribution is 5.23. The third kappa shape index (κ3) is 0.890. The van der Waals surface area contributed by atoms with Gasteiger partial charge in [0.15, 0.2) is 0 Å². The summed E-state index contributed by atoms with van der Waals surface area (Å²) >= 11 is 0. The first-order chi connectivity index (χ1) is 5.04. The zero-order valence-electron chi connectivity index (χ0n) is 8.08. The van der Waals surface area contributed by atoms with Gasteiger partial charge in [-0.15, -0.1) is 0 Å². The molecule has 0 radical (unpaired) electrons. The molecule has 0 heterocycles. The van der Waals surface area contributed by atoms with Gasteiger partial charge in [0.1, 0.15) is 0 Å². The van der Waals surface area contributed by atoms with Gasteiger partial charge in [0.05, 0.1) is 4.11 Å². The Kier molecular flexibility index (Phi) is 0.666. The second kappa shape index (κ2) is 1.99. The van der Waals surface area contributed by atoms with Crippen molar-refractivity contribution >= 4 is 0 Å². The summed E-state index contributed by atoms with van der Waals surface area (Å²) in [7, 11) is 0. The predicted octanol–water partition coefficient (Wildman–Crippen LogP) is 2.30. The molecule has 1 aromatic rings. The van der Waals surface area contributed by atoms with Gasteiger partial charge in [-0.3, -0.25) is 0 Å². The van der Waals surface area contributed by atoms with E-state index in [0.717, 1.165) is 11.1 Å². The van der Waals surface area contributed by atoms with Crippen LogP contribution in [0.4, 0.5) is 0 Å². The van der Waals surface area contributed by atoms with Crippen molar-refractivity contribution in [1.29, 1.82) is 0 Å². The van der Waals surface area contributed by atoms with Crippen LogP contribution in [0.25, 0.3) is 0 Å². The first kappa shape index (κ1) is 2.67. The highest BCUT2D eigenvalue weighted by Gasteiger charge is 1.83. The molecule has 0 saturated heterocycles. The van der Waals surface area contributed by atoms with E-state index < -0.39 is 0 Å². The van der Waals surface area contributed by atoms with Gasteiger partial charge in [-0.05, 0) is 25.0 Å². The summed E-state index contributed by atoms with van der Waals surface area (Å²) in [6, 6.07) is 1.96. The van der Waals surface area contributed by atoms with Crippen molar-refractivity contribution in [3.63, 3.8) is 0 Å². The van der Waals surface area contributed by atoms with E-state index in [9.17, 15) is 0 Å². The lowest BCUT2D eigenvalue weighted by Crippen LogP contribution is -1.74. The molecule has 0 N–H and O–H groups in total. The zero-order valence-corrected chi connectivity index (χ0v) is 5.08. The van der Waals surface area contributed by atoms with Crippen LogP contribution in [0.3, 0.4) is 0 Å². The average Bonchev–Trinajstić information content (AvgIpc) is 1.97.